The topological polar surface area (TPSA) is 98.7 Å². The number of nitrogens with one attached hydrogen (secondary N) is 2. The van der Waals surface area contributed by atoms with Crippen LogP contribution in [-0.2, 0) is 14.4 Å². The Morgan fingerprint density at radius 1 is 1.41 bits per heavy atom. The fraction of sp³-hybridized carbons (Fsp3) is 0.800. The van der Waals surface area contributed by atoms with Gasteiger partial charge in [0.15, 0.2) is 0 Å². The lowest BCUT2D eigenvalue weighted by atomic mass is 9.95. The summed E-state index contributed by atoms with van der Waals surface area (Å²) in [4.78, 5) is 35.7. The maximum atomic E-state index is 12.5. The summed E-state index contributed by atoms with van der Waals surface area (Å²) >= 11 is 0. The van der Waals surface area contributed by atoms with Crippen LogP contribution >= 0.6 is 0 Å². The van der Waals surface area contributed by atoms with Crippen LogP contribution in [0.1, 0.15) is 33.1 Å². The predicted molar refractivity (Wildman–Crippen MR) is 82.1 cm³/mol. The molecule has 0 bridgehead atoms. The maximum Gasteiger partial charge on any atom is 0.218 e. The highest BCUT2D eigenvalue weighted by atomic mass is 16.3. The lowest BCUT2D eigenvalue weighted by molar-refractivity contribution is -0.141. The van der Waals surface area contributed by atoms with Gasteiger partial charge in [-0.05, 0) is 32.2 Å². The number of likely N-dealkylation sites (N-methyl/N-ethyl adjacent to an activating group) is 1. The standard InChI is InChI=1S/C15H27N3O4/c1-10(2)7-12(16-3)14(21)15(22)13-5-4-6-18(13)17-11(8-19)9-20/h8,10-13,16-17,20H,4-7,9H2,1-3H3/t11-,12+,13+/m1/s1. The summed E-state index contributed by atoms with van der Waals surface area (Å²) in [6.45, 7) is 4.23. The van der Waals surface area contributed by atoms with Crippen LogP contribution in [0, 0.1) is 5.92 Å². The van der Waals surface area contributed by atoms with E-state index in [-0.39, 0.29) is 6.61 Å². The Morgan fingerprint density at radius 2 is 2.09 bits per heavy atom. The molecule has 0 unspecified atom stereocenters. The van der Waals surface area contributed by atoms with Crippen molar-refractivity contribution < 1.29 is 19.5 Å². The number of carbonyl (C=O) groups is 3. The van der Waals surface area contributed by atoms with Crippen LogP contribution in [0.4, 0.5) is 0 Å². The van der Waals surface area contributed by atoms with E-state index in [1.807, 2.05) is 13.8 Å². The first kappa shape index (κ1) is 18.9. The van der Waals surface area contributed by atoms with Crippen molar-refractivity contribution in [3.63, 3.8) is 0 Å². The van der Waals surface area contributed by atoms with Crippen molar-refractivity contribution >= 4 is 17.9 Å². The molecule has 7 heteroatoms. The number of carbonyl (C=O) groups excluding carboxylic acids is 3. The van der Waals surface area contributed by atoms with Gasteiger partial charge in [0.1, 0.15) is 6.29 Å². The first-order valence-electron chi connectivity index (χ1n) is 7.78. The molecular weight excluding hydrogens is 286 g/mol. The van der Waals surface area contributed by atoms with E-state index in [1.165, 1.54) is 0 Å². The smallest absolute Gasteiger partial charge is 0.218 e. The van der Waals surface area contributed by atoms with Crippen molar-refractivity contribution in [3.8, 4) is 0 Å². The molecule has 1 heterocycles. The minimum absolute atomic E-state index is 0.306. The zero-order chi connectivity index (χ0) is 16.7. The number of hydrogen-bond acceptors (Lipinski definition) is 7. The first-order valence-corrected chi connectivity index (χ1v) is 7.78. The normalized spacial score (nSPS) is 21.8. The Hall–Kier alpha value is -1.15. The van der Waals surface area contributed by atoms with Crippen LogP contribution in [0.15, 0.2) is 0 Å². The highest BCUT2D eigenvalue weighted by Gasteiger charge is 2.37. The molecule has 22 heavy (non-hydrogen) atoms. The van der Waals surface area contributed by atoms with Crippen molar-refractivity contribution in [1.82, 2.24) is 15.8 Å². The molecule has 3 N–H and O–H groups in total. The summed E-state index contributed by atoms with van der Waals surface area (Å²) < 4.78 is 0. The van der Waals surface area contributed by atoms with E-state index in [1.54, 1.807) is 12.1 Å². The Balaban J connectivity index is 2.72. The van der Waals surface area contributed by atoms with Gasteiger partial charge in [-0.15, -0.1) is 0 Å². The number of rotatable bonds is 10. The Morgan fingerprint density at radius 3 is 2.59 bits per heavy atom. The monoisotopic (exact) mass is 313 g/mol. The van der Waals surface area contributed by atoms with E-state index in [9.17, 15) is 14.4 Å². The number of nitrogens with zero attached hydrogens (tertiary/aromatic N) is 1. The number of aliphatic hydroxyl groups excluding tert-OH is 1. The van der Waals surface area contributed by atoms with Gasteiger partial charge in [-0.3, -0.25) is 9.59 Å². The summed E-state index contributed by atoms with van der Waals surface area (Å²) in [5.41, 5.74) is 2.82. The number of aldehydes is 1. The molecule has 0 radical (unpaired) electrons. The highest BCUT2D eigenvalue weighted by molar-refractivity contribution is 6.41. The summed E-state index contributed by atoms with van der Waals surface area (Å²) in [5, 5.41) is 13.6. The van der Waals surface area contributed by atoms with Crippen molar-refractivity contribution in [2.45, 2.75) is 51.2 Å². The van der Waals surface area contributed by atoms with Crippen molar-refractivity contribution in [3.05, 3.63) is 0 Å². The average molecular weight is 313 g/mol. The van der Waals surface area contributed by atoms with Gasteiger partial charge >= 0.3 is 0 Å². The third kappa shape index (κ3) is 4.95. The molecule has 1 rings (SSSR count). The molecular formula is C15H27N3O4. The molecule has 7 nitrogen and oxygen atoms in total. The average Bonchev–Trinajstić information content (AvgIpc) is 2.96. The maximum absolute atomic E-state index is 12.5. The molecule has 3 atom stereocenters. The molecule has 1 saturated heterocycles. The molecule has 1 fully saturated rings. The minimum Gasteiger partial charge on any atom is -0.394 e. The van der Waals surface area contributed by atoms with E-state index < -0.39 is 29.7 Å². The number of aliphatic hydroxyl groups is 1. The Labute approximate surface area is 131 Å². The quantitative estimate of drug-likeness (QED) is 0.362. The van der Waals surface area contributed by atoms with Crippen LogP contribution in [0.25, 0.3) is 0 Å². The molecule has 0 aromatic rings. The fourth-order valence-corrected chi connectivity index (χ4v) is 2.68. The van der Waals surface area contributed by atoms with Gasteiger partial charge in [0.05, 0.1) is 24.7 Å². The molecule has 0 aliphatic carbocycles. The highest BCUT2D eigenvalue weighted by Crippen LogP contribution is 2.18. The van der Waals surface area contributed by atoms with Crippen molar-refractivity contribution in [2.24, 2.45) is 5.92 Å². The van der Waals surface area contributed by atoms with Crippen LogP contribution in [0.3, 0.4) is 0 Å². The minimum atomic E-state index is -0.751. The third-order valence-corrected chi connectivity index (χ3v) is 3.86. The van der Waals surface area contributed by atoms with Gasteiger partial charge in [-0.2, -0.15) is 0 Å². The first-order chi connectivity index (χ1) is 10.4. The number of ketones is 2. The molecule has 1 aliphatic heterocycles. The summed E-state index contributed by atoms with van der Waals surface area (Å²) in [5.74, 6) is -0.546. The molecule has 0 amide bonds. The zero-order valence-corrected chi connectivity index (χ0v) is 13.5. The Kier molecular flexibility index (Phi) is 7.81. The molecule has 0 saturated carbocycles. The molecule has 0 aromatic carbocycles. The van der Waals surface area contributed by atoms with Gasteiger partial charge < -0.3 is 15.2 Å². The summed E-state index contributed by atoms with van der Waals surface area (Å²) in [6, 6.07) is -1.79. The van der Waals surface area contributed by atoms with Crippen LogP contribution in [-0.4, -0.2) is 66.3 Å². The molecule has 0 aromatic heterocycles. The van der Waals surface area contributed by atoms with Crippen molar-refractivity contribution in [1.29, 1.82) is 0 Å². The molecule has 1 aliphatic rings. The van der Waals surface area contributed by atoms with Gasteiger partial charge in [0.25, 0.3) is 0 Å². The van der Waals surface area contributed by atoms with E-state index in [0.717, 1.165) is 6.42 Å². The van der Waals surface area contributed by atoms with Crippen LogP contribution < -0.4 is 10.7 Å². The van der Waals surface area contributed by atoms with Gasteiger partial charge in [0.2, 0.25) is 11.6 Å². The second-order valence-corrected chi connectivity index (χ2v) is 6.10. The Bertz CT molecular complexity index is 400. The van der Waals surface area contributed by atoms with Gasteiger partial charge in [-0.25, -0.2) is 10.4 Å². The van der Waals surface area contributed by atoms with E-state index >= 15 is 0 Å². The third-order valence-electron chi connectivity index (χ3n) is 3.86. The van der Waals surface area contributed by atoms with E-state index in [2.05, 4.69) is 10.7 Å². The summed E-state index contributed by atoms with van der Waals surface area (Å²) in [7, 11) is 1.68. The van der Waals surface area contributed by atoms with Gasteiger partial charge in [0, 0.05) is 6.54 Å². The number of Topliss-reactive ketones (excluding diaryl/α,β-unsaturated/α-hetero) is 2. The number of hydrogen-bond donors (Lipinski definition) is 3. The fourth-order valence-electron chi connectivity index (χ4n) is 2.68. The summed E-state index contributed by atoms with van der Waals surface area (Å²) in [6.07, 6.45) is 2.54. The van der Waals surface area contributed by atoms with E-state index in [4.69, 9.17) is 5.11 Å². The van der Waals surface area contributed by atoms with E-state index in [0.29, 0.717) is 31.6 Å². The molecule has 0 spiro atoms. The second-order valence-electron chi connectivity index (χ2n) is 6.10. The lowest BCUT2D eigenvalue weighted by Crippen LogP contribution is -2.54. The van der Waals surface area contributed by atoms with Crippen molar-refractivity contribution in [2.75, 3.05) is 20.2 Å². The van der Waals surface area contributed by atoms with Crippen LogP contribution in [0.2, 0.25) is 0 Å². The zero-order valence-electron chi connectivity index (χ0n) is 13.5. The van der Waals surface area contributed by atoms with Crippen LogP contribution in [0.5, 0.6) is 0 Å². The second kappa shape index (κ2) is 9.09. The molecule has 126 valence electrons. The number of hydrazine groups is 1. The lowest BCUT2D eigenvalue weighted by Gasteiger charge is -2.27. The van der Waals surface area contributed by atoms with Gasteiger partial charge in [-0.1, -0.05) is 13.8 Å². The largest absolute Gasteiger partial charge is 0.394 e. The SMILES string of the molecule is CN[C@@H](CC(C)C)C(=O)C(=O)[C@@H]1CCCN1N[C@H](C=O)CO. The predicted octanol–water partition coefficient (Wildman–Crippen LogP) is -0.712.